The summed E-state index contributed by atoms with van der Waals surface area (Å²) in [6.07, 6.45) is 0. The Morgan fingerprint density at radius 2 is 2.00 bits per heavy atom. The van der Waals surface area contributed by atoms with E-state index in [2.05, 4.69) is 0 Å². The minimum Gasteiger partial charge on any atom is -0.258 e. The zero-order chi connectivity index (χ0) is 13.1. The van der Waals surface area contributed by atoms with Gasteiger partial charge in [0, 0.05) is 17.7 Å². The van der Waals surface area contributed by atoms with Gasteiger partial charge in [-0.1, -0.05) is 23.7 Å². The summed E-state index contributed by atoms with van der Waals surface area (Å²) >= 11 is 6.02. The molecule has 0 N–H and O–H groups in total. The molecule has 5 heteroatoms. The first-order chi connectivity index (χ1) is 8.61. The van der Waals surface area contributed by atoms with Crippen molar-refractivity contribution < 1.29 is 4.92 Å². The van der Waals surface area contributed by atoms with Crippen molar-refractivity contribution >= 4 is 17.3 Å². The average molecular weight is 259 g/mol. The van der Waals surface area contributed by atoms with Gasteiger partial charge in [0.05, 0.1) is 21.6 Å². The number of nitrogens with zero attached hydrogens (tertiary/aromatic N) is 2. The maximum atomic E-state index is 10.6. The second-order valence-electron chi connectivity index (χ2n) is 3.61. The van der Waals surface area contributed by atoms with Crippen LogP contribution in [0.4, 0.5) is 5.69 Å². The number of nitro benzene ring substituents is 1. The Balaban J connectivity index is 2.51. The highest BCUT2D eigenvalue weighted by molar-refractivity contribution is 6.33. The zero-order valence-electron chi connectivity index (χ0n) is 9.13. The Morgan fingerprint density at radius 3 is 2.61 bits per heavy atom. The molecule has 0 fully saturated rings. The lowest BCUT2D eigenvalue weighted by molar-refractivity contribution is -0.384. The summed E-state index contributed by atoms with van der Waals surface area (Å²) in [6, 6.07) is 13.2. The molecule has 0 atom stereocenters. The van der Waals surface area contributed by atoms with E-state index in [9.17, 15) is 10.1 Å². The lowest BCUT2D eigenvalue weighted by Gasteiger charge is -2.04. The predicted octanol–water partition coefficient (Wildman–Crippen LogP) is 3.79. The van der Waals surface area contributed by atoms with Gasteiger partial charge in [-0.05, 0) is 23.8 Å². The van der Waals surface area contributed by atoms with Gasteiger partial charge in [-0.3, -0.25) is 10.1 Å². The van der Waals surface area contributed by atoms with Crippen LogP contribution in [0.5, 0.6) is 0 Å². The lowest BCUT2D eigenvalue weighted by Crippen LogP contribution is -1.88. The molecule has 0 aliphatic carbocycles. The molecule has 18 heavy (non-hydrogen) atoms. The summed E-state index contributed by atoms with van der Waals surface area (Å²) < 4.78 is 0. The topological polar surface area (TPSA) is 66.9 Å². The Bertz CT molecular complexity index is 662. The third-order valence-corrected chi connectivity index (χ3v) is 2.78. The minimum absolute atomic E-state index is 0.0554. The number of rotatable bonds is 2. The third-order valence-electron chi connectivity index (χ3n) is 2.47. The van der Waals surface area contributed by atoms with Gasteiger partial charge in [0.2, 0.25) is 0 Å². The molecule has 0 spiro atoms. The van der Waals surface area contributed by atoms with E-state index in [1.165, 1.54) is 12.1 Å². The van der Waals surface area contributed by atoms with Gasteiger partial charge in [0.15, 0.2) is 0 Å². The monoisotopic (exact) mass is 258 g/mol. The predicted molar refractivity (Wildman–Crippen MR) is 68.3 cm³/mol. The Labute approximate surface area is 108 Å². The molecule has 88 valence electrons. The molecule has 2 aromatic carbocycles. The first kappa shape index (κ1) is 12.1. The number of halogens is 1. The number of nitro groups is 1. The van der Waals surface area contributed by atoms with Gasteiger partial charge in [0.25, 0.3) is 5.69 Å². The van der Waals surface area contributed by atoms with Crippen LogP contribution in [0, 0.1) is 21.4 Å². The number of non-ortho nitro benzene ring substituents is 1. The second kappa shape index (κ2) is 4.86. The molecule has 0 aliphatic heterocycles. The largest absolute Gasteiger partial charge is 0.270 e. The van der Waals surface area contributed by atoms with E-state index >= 15 is 0 Å². The standard InChI is InChI=1S/C13H7ClN2O2/c14-13-7-11(16(17)18)4-5-12(13)10-3-1-2-9(6-10)8-15/h1-7H. The quantitative estimate of drug-likeness (QED) is 0.608. The van der Waals surface area contributed by atoms with Crippen LogP contribution >= 0.6 is 11.6 Å². The molecule has 0 heterocycles. The molecule has 0 aromatic heterocycles. The minimum atomic E-state index is -0.499. The number of nitriles is 1. The summed E-state index contributed by atoms with van der Waals surface area (Å²) in [7, 11) is 0. The molecule has 2 aromatic rings. The summed E-state index contributed by atoms with van der Waals surface area (Å²) in [6.45, 7) is 0. The molecule has 4 nitrogen and oxygen atoms in total. The SMILES string of the molecule is N#Cc1cccc(-c2ccc([N+](=O)[O-])cc2Cl)c1. The van der Waals surface area contributed by atoms with E-state index in [0.717, 1.165) is 5.56 Å². The molecule has 0 bridgehead atoms. The van der Waals surface area contributed by atoms with Gasteiger partial charge in [0.1, 0.15) is 0 Å². The zero-order valence-corrected chi connectivity index (χ0v) is 9.89. The highest BCUT2D eigenvalue weighted by atomic mass is 35.5. The third kappa shape index (κ3) is 2.31. The molecular weight excluding hydrogens is 252 g/mol. The summed E-state index contributed by atoms with van der Waals surface area (Å²) in [5.41, 5.74) is 1.88. The van der Waals surface area contributed by atoms with Crippen molar-refractivity contribution in [3.05, 3.63) is 63.2 Å². The van der Waals surface area contributed by atoms with Crippen LogP contribution in [0.1, 0.15) is 5.56 Å². The smallest absolute Gasteiger partial charge is 0.258 e. The van der Waals surface area contributed by atoms with Crippen molar-refractivity contribution in [3.8, 4) is 17.2 Å². The fourth-order valence-corrected chi connectivity index (χ4v) is 1.89. The van der Waals surface area contributed by atoms with E-state index < -0.39 is 4.92 Å². The molecule has 0 amide bonds. The van der Waals surface area contributed by atoms with Gasteiger partial charge in [-0.2, -0.15) is 5.26 Å². The maximum absolute atomic E-state index is 10.6. The lowest BCUT2D eigenvalue weighted by atomic mass is 10.0. The molecular formula is C13H7ClN2O2. The van der Waals surface area contributed by atoms with Crippen LogP contribution in [0.25, 0.3) is 11.1 Å². The van der Waals surface area contributed by atoms with E-state index in [0.29, 0.717) is 16.1 Å². The van der Waals surface area contributed by atoms with Crippen LogP contribution in [0.3, 0.4) is 0 Å². The van der Waals surface area contributed by atoms with E-state index in [1.807, 2.05) is 6.07 Å². The highest BCUT2D eigenvalue weighted by Gasteiger charge is 2.10. The van der Waals surface area contributed by atoms with Crippen molar-refractivity contribution in [2.24, 2.45) is 0 Å². The highest BCUT2D eigenvalue weighted by Crippen LogP contribution is 2.31. The van der Waals surface area contributed by atoms with Crippen molar-refractivity contribution in [1.82, 2.24) is 0 Å². The summed E-state index contributed by atoms with van der Waals surface area (Å²) in [5, 5.41) is 19.7. The Kier molecular flexibility index (Phi) is 3.26. The van der Waals surface area contributed by atoms with Crippen LogP contribution in [0.15, 0.2) is 42.5 Å². The average Bonchev–Trinajstić information content (AvgIpc) is 2.38. The van der Waals surface area contributed by atoms with Crippen molar-refractivity contribution in [2.45, 2.75) is 0 Å². The Morgan fingerprint density at radius 1 is 1.22 bits per heavy atom. The van der Waals surface area contributed by atoms with Crippen molar-refractivity contribution in [2.75, 3.05) is 0 Å². The molecule has 0 radical (unpaired) electrons. The van der Waals surface area contributed by atoms with Crippen LogP contribution < -0.4 is 0 Å². The first-order valence-corrected chi connectivity index (χ1v) is 5.44. The van der Waals surface area contributed by atoms with E-state index in [-0.39, 0.29) is 5.69 Å². The summed E-state index contributed by atoms with van der Waals surface area (Å²) in [4.78, 5) is 10.1. The first-order valence-electron chi connectivity index (χ1n) is 5.06. The van der Waals surface area contributed by atoms with Gasteiger partial charge in [-0.15, -0.1) is 0 Å². The fourth-order valence-electron chi connectivity index (χ4n) is 1.61. The van der Waals surface area contributed by atoms with Gasteiger partial charge in [-0.25, -0.2) is 0 Å². The molecule has 0 saturated heterocycles. The van der Waals surface area contributed by atoms with Crippen LogP contribution in [-0.2, 0) is 0 Å². The number of hydrogen-bond acceptors (Lipinski definition) is 3. The van der Waals surface area contributed by atoms with Crippen LogP contribution in [-0.4, -0.2) is 4.92 Å². The second-order valence-corrected chi connectivity index (χ2v) is 4.02. The molecule has 0 aliphatic rings. The van der Waals surface area contributed by atoms with Crippen molar-refractivity contribution in [1.29, 1.82) is 5.26 Å². The number of benzene rings is 2. The number of hydrogen-bond donors (Lipinski definition) is 0. The Hall–Kier alpha value is -2.38. The fraction of sp³-hybridized carbons (Fsp3) is 0. The van der Waals surface area contributed by atoms with Gasteiger partial charge >= 0.3 is 0 Å². The maximum Gasteiger partial charge on any atom is 0.270 e. The summed E-state index contributed by atoms with van der Waals surface area (Å²) in [5.74, 6) is 0. The van der Waals surface area contributed by atoms with Gasteiger partial charge < -0.3 is 0 Å². The van der Waals surface area contributed by atoms with E-state index in [1.54, 1.807) is 30.3 Å². The normalized spacial score (nSPS) is 9.78. The molecule has 0 unspecified atom stereocenters. The molecule has 0 saturated carbocycles. The molecule has 2 rings (SSSR count). The van der Waals surface area contributed by atoms with Crippen molar-refractivity contribution in [3.63, 3.8) is 0 Å². The van der Waals surface area contributed by atoms with Crippen LogP contribution in [0.2, 0.25) is 5.02 Å². The van der Waals surface area contributed by atoms with E-state index in [4.69, 9.17) is 16.9 Å².